The highest BCUT2D eigenvalue weighted by atomic mass is 16.4. The predicted octanol–water partition coefficient (Wildman–Crippen LogP) is -1.73. The third-order valence-corrected chi connectivity index (χ3v) is 0.357. The van der Waals surface area contributed by atoms with Crippen molar-refractivity contribution in [1.29, 1.82) is 0 Å². The Bertz CT molecular complexity index is 61.2. The molecule has 1 atom stereocenters. The fourth-order valence-electron chi connectivity index (χ4n) is 0. The number of aliphatic carboxylic acids is 1. The van der Waals surface area contributed by atoms with E-state index in [1.54, 1.807) is 0 Å². The summed E-state index contributed by atoms with van der Waals surface area (Å²) < 4.78 is 0. The molecule has 0 fully saturated rings. The summed E-state index contributed by atoms with van der Waals surface area (Å²) in [6.45, 7) is 1.20. The summed E-state index contributed by atoms with van der Waals surface area (Å²) in [5.41, 5.74) is 0. The molecule has 0 aromatic heterocycles. The number of carbonyl (C=O) groups is 1. The Labute approximate surface area is 43.5 Å². The van der Waals surface area contributed by atoms with Crippen molar-refractivity contribution in [3.63, 3.8) is 0 Å². The number of aliphatic hydroxyl groups excluding tert-OH is 1. The van der Waals surface area contributed by atoms with E-state index in [0.717, 1.165) is 0 Å². The molecule has 1 unspecified atom stereocenters. The second kappa shape index (κ2) is 3.68. The van der Waals surface area contributed by atoms with Crippen LogP contribution in [0.4, 0.5) is 0 Å². The topological polar surface area (TPSA) is 57.5 Å². The fraction of sp³-hybridized carbons (Fsp3) is 0.667. The van der Waals surface area contributed by atoms with Gasteiger partial charge in [-0.1, -0.05) is 0 Å². The zero-order chi connectivity index (χ0) is 5.15. The molecule has 7 heavy (non-hydrogen) atoms. The summed E-state index contributed by atoms with van der Waals surface area (Å²) in [6, 6.07) is 0. The van der Waals surface area contributed by atoms with Crippen molar-refractivity contribution in [3.8, 4) is 0 Å². The molecule has 0 bridgehead atoms. The first kappa shape index (κ1) is 9.71. The minimum atomic E-state index is -1.23. The average molecular weight is 104 g/mol. The molecule has 0 aromatic carbocycles. The average Bonchev–Trinajstić information content (AvgIpc) is 1.36. The molecule has 0 heterocycles. The summed E-state index contributed by atoms with van der Waals surface area (Å²) in [7, 11) is 0. The smallest absolute Gasteiger partial charge is 0.332 e. The Kier molecular flexibility index (Phi) is 5.10. The van der Waals surface area contributed by atoms with Crippen LogP contribution in [0.1, 0.15) is 6.92 Å². The number of carboxylic acids is 1. The van der Waals surface area contributed by atoms with E-state index in [-0.39, 0.29) is 8.41 Å². The zero-order valence-electron chi connectivity index (χ0n) is 3.38. The van der Waals surface area contributed by atoms with Crippen molar-refractivity contribution in [3.05, 3.63) is 0 Å². The number of hydrogen-bond donors (Lipinski definition) is 2. The maximum absolute atomic E-state index is 9.45. The summed E-state index contributed by atoms with van der Waals surface area (Å²) in [4.78, 5) is 9.45. The van der Waals surface area contributed by atoms with Crippen LogP contribution < -0.4 is 0 Å². The van der Waals surface area contributed by atoms with Gasteiger partial charge in [-0.2, -0.15) is 0 Å². The van der Waals surface area contributed by atoms with E-state index in [1.807, 2.05) is 0 Å². The molecular formula is C3H9BO3. The van der Waals surface area contributed by atoms with Gasteiger partial charge >= 0.3 is 5.97 Å². The lowest BCUT2D eigenvalue weighted by Gasteiger charge is -1.89. The lowest BCUT2D eigenvalue weighted by molar-refractivity contribution is -0.145. The first-order chi connectivity index (χ1) is 2.64. The van der Waals surface area contributed by atoms with E-state index in [9.17, 15) is 4.79 Å². The van der Waals surface area contributed by atoms with Gasteiger partial charge in [-0.15, -0.1) is 0 Å². The van der Waals surface area contributed by atoms with Gasteiger partial charge in [0.2, 0.25) is 0 Å². The SMILES string of the molecule is B.CC(O)C(=O)O. The van der Waals surface area contributed by atoms with Crippen LogP contribution in [0.15, 0.2) is 0 Å². The molecule has 0 amide bonds. The van der Waals surface area contributed by atoms with E-state index >= 15 is 0 Å². The standard InChI is InChI=1S/C3H6O3.BH3/c1-2(4)3(5)6;/h2,4H,1H3,(H,5,6);1H3. The van der Waals surface area contributed by atoms with Crippen LogP contribution in [0.2, 0.25) is 0 Å². The van der Waals surface area contributed by atoms with Crippen LogP contribution in [0.25, 0.3) is 0 Å². The van der Waals surface area contributed by atoms with E-state index in [2.05, 4.69) is 0 Å². The van der Waals surface area contributed by atoms with E-state index in [1.165, 1.54) is 6.92 Å². The maximum atomic E-state index is 9.45. The highest BCUT2D eigenvalue weighted by Gasteiger charge is 2.01. The van der Waals surface area contributed by atoms with Crippen molar-refractivity contribution in [2.75, 3.05) is 0 Å². The van der Waals surface area contributed by atoms with Crippen LogP contribution in [-0.4, -0.2) is 30.7 Å². The van der Waals surface area contributed by atoms with Crippen molar-refractivity contribution < 1.29 is 15.0 Å². The molecule has 0 spiro atoms. The molecule has 0 saturated heterocycles. The van der Waals surface area contributed by atoms with Gasteiger partial charge in [0.05, 0.1) is 8.41 Å². The predicted molar refractivity (Wildman–Crippen MR) is 29.3 cm³/mol. The maximum Gasteiger partial charge on any atom is 0.332 e. The molecule has 0 aliphatic heterocycles. The fourth-order valence-corrected chi connectivity index (χ4v) is 0. The highest BCUT2D eigenvalue weighted by molar-refractivity contribution is 5.75. The van der Waals surface area contributed by atoms with Gasteiger partial charge in [0, 0.05) is 0 Å². The second-order valence-corrected chi connectivity index (χ2v) is 1.01. The molecule has 0 aliphatic carbocycles. The summed E-state index contributed by atoms with van der Waals surface area (Å²) in [5.74, 6) is -1.19. The zero-order valence-corrected chi connectivity index (χ0v) is 3.38. The molecule has 0 aromatic rings. The molecule has 42 valence electrons. The molecule has 3 nitrogen and oxygen atoms in total. The Morgan fingerprint density at radius 2 is 1.86 bits per heavy atom. The monoisotopic (exact) mass is 104 g/mol. The van der Waals surface area contributed by atoms with Gasteiger partial charge in [-0.05, 0) is 6.92 Å². The third kappa shape index (κ3) is 5.49. The van der Waals surface area contributed by atoms with Crippen LogP contribution in [0, 0.1) is 0 Å². The summed E-state index contributed by atoms with van der Waals surface area (Å²) in [6.07, 6.45) is -1.23. The minimum absolute atomic E-state index is 0. The van der Waals surface area contributed by atoms with Crippen LogP contribution in [-0.2, 0) is 4.79 Å². The van der Waals surface area contributed by atoms with Gasteiger partial charge in [0.1, 0.15) is 6.10 Å². The number of carboxylic acid groups (broad SMARTS) is 1. The molecule has 0 radical (unpaired) electrons. The van der Waals surface area contributed by atoms with Crippen LogP contribution in [0.5, 0.6) is 0 Å². The largest absolute Gasteiger partial charge is 0.479 e. The molecule has 4 heteroatoms. The third-order valence-electron chi connectivity index (χ3n) is 0.357. The van der Waals surface area contributed by atoms with Crippen LogP contribution >= 0.6 is 0 Å². The summed E-state index contributed by atoms with van der Waals surface area (Å²) >= 11 is 0. The Hall–Kier alpha value is -0.505. The molecule has 2 N–H and O–H groups in total. The highest BCUT2D eigenvalue weighted by Crippen LogP contribution is 1.73. The minimum Gasteiger partial charge on any atom is -0.479 e. The first-order valence-electron chi connectivity index (χ1n) is 1.55. The summed E-state index contributed by atoms with van der Waals surface area (Å²) in [5, 5.41) is 15.8. The molecule has 0 saturated carbocycles. The van der Waals surface area contributed by atoms with Crippen LogP contribution in [0.3, 0.4) is 0 Å². The number of rotatable bonds is 1. The Balaban J connectivity index is 0. The van der Waals surface area contributed by atoms with Gasteiger partial charge in [0.15, 0.2) is 0 Å². The molecule has 0 aliphatic rings. The Morgan fingerprint density at radius 1 is 1.71 bits per heavy atom. The molecule has 0 rings (SSSR count). The van der Waals surface area contributed by atoms with E-state index < -0.39 is 12.1 Å². The van der Waals surface area contributed by atoms with Crippen molar-refractivity contribution in [1.82, 2.24) is 0 Å². The van der Waals surface area contributed by atoms with E-state index in [0.29, 0.717) is 0 Å². The lowest BCUT2D eigenvalue weighted by atomic mass is 10.4. The number of aliphatic hydroxyl groups is 1. The van der Waals surface area contributed by atoms with Gasteiger partial charge < -0.3 is 10.2 Å². The Morgan fingerprint density at radius 3 is 1.86 bits per heavy atom. The normalized spacial score (nSPS) is 11.7. The van der Waals surface area contributed by atoms with Gasteiger partial charge in [-0.3, -0.25) is 0 Å². The quantitative estimate of drug-likeness (QED) is 0.388. The lowest BCUT2D eigenvalue weighted by Crippen LogP contribution is -2.13. The van der Waals surface area contributed by atoms with Gasteiger partial charge in [-0.25, -0.2) is 4.79 Å². The van der Waals surface area contributed by atoms with E-state index in [4.69, 9.17) is 10.2 Å². The number of hydrogen-bond acceptors (Lipinski definition) is 2. The first-order valence-corrected chi connectivity index (χ1v) is 1.55. The van der Waals surface area contributed by atoms with Crippen molar-refractivity contribution in [2.45, 2.75) is 13.0 Å². The van der Waals surface area contributed by atoms with Crippen molar-refractivity contribution >= 4 is 14.4 Å². The molecular weight excluding hydrogens is 94.8 g/mol. The van der Waals surface area contributed by atoms with Crippen molar-refractivity contribution in [2.24, 2.45) is 0 Å². The van der Waals surface area contributed by atoms with Gasteiger partial charge in [0.25, 0.3) is 0 Å². The second-order valence-electron chi connectivity index (χ2n) is 1.01.